The van der Waals surface area contributed by atoms with Crippen LogP contribution in [0, 0.1) is 5.92 Å². The van der Waals surface area contributed by atoms with Gasteiger partial charge in [0.05, 0.1) is 0 Å². The molecule has 0 aromatic heterocycles. The van der Waals surface area contributed by atoms with Crippen molar-refractivity contribution in [2.45, 2.75) is 44.7 Å². The Balaban J connectivity index is 1.05. The molecule has 4 aliphatic rings. The van der Waals surface area contributed by atoms with Gasteiger partial charge in [0.2, 0.25) is 0 Å². The molecule has 4 heteroatoms. The molecule has 2 aromatic carbocycles. The Labute approximate surface area is 193 Å². The normalized spacial score (nSPS) is 26.7. The van der Waals surface area contributed by atoms with E-state index in [4.69, 9.17) is 0 Å². The Hall–Kier alpha value is -2.04. The largest absolute Gasteiger partial charge is 0.367 e. The number of nitrogens with zero attached hydrogens (tertiary/aromatic N) is 4. The Morgan fingerprint density at radius 1 is 0.688 bits per heavy atom. The molecular formula is C28H38N4. The fourth-order valence-corrected chi connectivity index (χ4v) is 6.96. The maximum atomic E-state index is 2.77. The van der Waals surface area contributed by atoms with Gasteiger partial charge in [-0.2, -0.15) is 0 Å². The van der Waals surface area contributed by atoms with Gasteiger partial charge in [-0.15, -0.1) is 0 Å². The van der Waals surface area contributed by atoms with Gasteiger partial charge in [0.25, 0.3) is 0 Å². The molecule has 2 saturated heterocycles. The van der Waals surface area contributed by atoms with E-state index in [0.717, 1.165) is 5.92 Å². The van der Waals surface area contributed by atoms with E-state index < -0.39 is 0 Å². The van der Waals surface area contributed by atoms with Crippen molar-refractivity contribution in [1.29, 1.82) is 0 Å². The molecule has 32 heavy (non-hydrogen) atoms. The van der Waals surface area contributed by atoms with E-state index in [1.54, 1.807) is 11.1 Å². The quantitative estimate of drug-likeness (QED) is 0.729. The molecule has 0 amide bonds. The summed E-state index contributed by atoms with van der Waals surface area (Å²) >= 11 is 0. The molecule has 0 aliphatic carbocycles. The molecule has 4 nitrogen and oxygen atoms in total. The van der Waals surface area contributed by atoms with Gasteiger partial charge in [0.1, 0.15) is 0 Å². The van der Waals surface area contributed by atoms with Crippen LogP contribution in [0.5, 0.6) is 0 Å². The molecule has 0 spiro atoms. The standard InChI is InChI=1S/C28H38N4/c1-22(18-29-12-6-14-31-25(20-29)16-23-8-2-4-10-27(23)31)19-30-13-7-15-32-26(21-30)17-24-9-3-5-11-28(24)32/h2-5,8-11,22,25-26H,6-7,12-21H2,1H3. The minimum absolute atomic E-state index is 0.672. The Kier molecular flexibility index (Phi) is 5.60. The van der Waals surface area contributed by atoms with Crippen LogP contribution in [0.25, 0.3) is 0 Å². The summed E-state index contributed by atoms with van der Waals surface area (Å²) in [5.74, 6) is 0.723. The number of fused-ring (bicyclic) bond motifs is 6. The van der Waals surface area contributed by atoms with Gasteiger partial charge in [0.15, 0.2) is 0 Å². The molecular weight excluding hydrogens is 392 g/mol. The van der Waals surface area contributed by atoms with Crippen LogP contribution in [-0.2, 0) is 12.8 Å². The van der Waals surface area contributed by atoms with Gasteiger partial charge in [0, 0.05) is 62.7 Å². The first-order chi connectivity index (χ1) is 15.7. The van der Waals surface area contributed by atoms with E-state index in [-0.39, 0.29) is 0 Å². The highest BCUT2D eigenvalue weighted by Gasteiger charge is 2.34. The second-order valence-corrected chi connectivity index (χ2v) is 10.7. The van der Waals surface area contributed by atoms with Crippen molar-refractivity contribution in [3.8, 4) is 0 Å². The van der Waals surface area contributed by atoms with Gasteiger partial charge in [-0.3, -0.25) is 0 Å². The molecule has 0 N–H and O–H groups in total. The van der Waals surface area contributed by atoms with Crippen LogP contribution >= 0.6 is 0 Å². The summed E-state index contributed by atoms with van der Waals surface area (Å²) in [6.07, 6.45) is 5.03. The number of hydrogen-bond donors (Lipinski definition) is 0. The lowest BCUT2D eigenvalue weighted by Gasteiger charge is -2.32. The molecule has 4 heterocycles. The Morgan fingerprint density at radius 2 is 1.16 bits per heavy atom. The lowest BCUT2D eigenvalue weighted by molar-refractivity contribution is 0.182. The lowest BCUT2D eigenvalue weighted by atomic mass is 10.1. The molecule has 4 aliphatic heterocycles. The molecule has 170 valence electrons. The summed E-state index contributed by atoms with van der Waals surface area (Å²) in [5.41, 5.74) is 6.11. The number of anilines is 2. The smallest absolute Gasteiger partial charge is 0.0458 e. The highest BCUT2D eigenvalue weighted by atomic mass is 15.3. The highest BCUT2D eigenvalue weighted by Crippen LogP contribution is 2.35. The number of benzene rings is 2. The minimum Gasteiger partial charge on any atom is -0.367 e. The summed E-state index contributed by atoms with van der Waals surface area (Å²) < 4.78 is 0. The molecule has 2 unspecified atom stereocenters. The Morgan fingerprint density at radius 3 is 1.66 bits per heavy atom. The predicted molar refractivity (Wildman–Crippen MR) is 134 cm³/mol. The topological polar surface area (TPSA) is 13.0 Å². The second kappa shape index (κ2) is 8.72. The third kappa shape index (κ3) is 3.92. The zero-order valence-electron chi connectivity index (χ0n) is 19.6. The van der Waals surface area contributed by atoms with Gasteiger partial charge in [-0.1, -0.05) is 43.3 Å². The monoisotopic (exact) mass is 430 g/mol. The van der Waals surface area contributed by atoms with Crippen molar-refractivity contribution in [1.82, 2.24) is 9.80 Å². The molecule has 6 rings (SSSR count). The fourth-order valence-electron chi connectivity index (χ4n) is 6.96. The van der Waals surface area contributed by atoms with Gasteiger partial charge >= 0.3 is 0 Å². The van der Waals surface area contributed by atoms with Crippen molar-refractivity contribution in [2.75, 3.05) is 62.2 Å². The minimum atomic E-state index is 0.672. The lowest BCUT2D eigenvalue weighted by Crippen LogP contribution is -2.43. The first-order valence-electron chi connectivity index (χ1n) is 12.9. The summed E-state index contributed by atoms with van der Waals surface area (Å²) in [6.45, 7) is 12.4. The summed E-state index contributed by atoms with van der Waals surface area (Å²) in [5, 5.41) is 0. The predicted octanol–water partition coefficient (Wildman–Crippen LogP) is 3.90. The third-order valence-corrected chi connectivity index (χ3v) is 8.22. The van der Waals surface area contributed by atoms with Crippen molar-refractivity contribution < 1.29 is 0 Å². The number of hydrogen-bond acceptors (Lipinski definition) is 4. The molecule has 0 radical (unpaired) electrons. The first-order valence-corrected chi connectivity index (χ1v) is 12.9. The van der Waals surface area contributed by atoms with E-state index in [9.17, 15) is 0 Å². The van der Waals surface area contributed by atoms with Gasteiger partial charge < -0.3 is 19.6 Å². The molecule has 2 atom stereocenters. The van der Waals surface area contributed by atoms with Crippen LogP contribution in [0.2, 0.25) is 0 Å². The zero-order valence-corrected chi connectivity index (χ0v) is 19.6. The second-order valence-electron chi connectivity index (χ2n) is 10.7. The average molecular weight is 431 g/mol. The molecule has 2 aromatic rings. The van der Waals surface area contributed by atoms with Crippen molar-refractivity contribution >= 4 is 11.4 Å². The fraction of sp³-hybridized carbons (Fsp3) is 0.571. The first kappa shape index (κ1) is 20.6. The van der Waals surface area contributed by atoms with Crippen molar-refractivity contribution in [2.24, 2.45) is 5.92 Å². The maximum Gasteiger partial charge on any atom is 0.0458 e. The van der Waals surface area contributed by atoms with Gasteiger partial charge in [-0.05, 0) is 68.0 Å². The van der Waals surface area contributed by atoms with Crippen LogP contribution in [0.4, 0.5) is 11.4 Å². The summed E-state index contributed by atoms with van der Waals surface area (Å²) in [6, 6.07) is 19.5. The highest BCUT2D eigenvalue weighted by molar-refractivity contribution is 5.60. The van der Waals surface area contributed by atoms with E-state index in [1.165, 1.54) is 89.4 Å². The van der Waals surface area contributed by atoms with E-state index in [1.807, 2.05) is 0 Å². The van der Waals surface area contributed by atoms with Crippen molar-refractivity contribution in [3.05, 3.63) is 59.7 Å². The molecule has 0 saturated carbocycles. The molecule has 0 bridgehead atoms. The van der Waals surface area contributed by atoms with E-state index in [0.29, 0.717) is 12.1 Å². The van der Waals surface area contributed by atoms with Crippen LogP contribution in [0.3, 0.4) is 0 Å². The zero-order chi connectivity index (χ0) is 21.5. The van der Waals surface area contributed by atoms with Gasteiger partial charge in [-0.25, -0.2) is 0 Å². The van der Waals surface area contributed by atoms with Crippen LogP contribution in [-0.4, -0.2) is 74.2 Å². The van der Waals surface area contributed by atoms with Crippen molar-refractivity contribution in [3.63, 3.8) is 0 Å². The maximum absolute atomic E-state index is 2.77. The molecule has 2 fully saturated rings. The average Bonchev–Trinajstić information content (AvgIpc) is 3.14. The number of para-hydroxylation sites is 2. The SMILES string of the molecule is CC(CN1CCCN2c3ccccc3CC2C1)CN1CCCN2c3ccccc3CC2C1. The van der Waals surface area contributed by atoms with Crippen LogP contribution in [0.1, 0.15) is 30.9 Å². The third-order valence-electron chi connectivity index (χ3n) is 8.22. The van der Waals surface area contributed by atoms with E-state index in [2.05, 4.69) is 75.1 Å². The summed E-state index contributed by atoms with van der Waals surface area (Å²) in [7, 11) is 0. The summed E-state index contributed by atoms with van der Waals surface area (Å²) in [4.78, 5) is 10.9. The number of rotatable bonds is 4. The van der Waals surface area contributed by atoms with Crippen LogP contribution in [0.15, 0.2) is 48.5 Å². The Bertz CT molecular complexity index is 867. The van der Waals surface area contributed by atoms with E-state index >= 15 is 0 Å². The van der Waals surface area contributed by atoms with Crippen LogP contribution < -0.4 is 9.80 Å².